The van der Waals surface area contributed by atoms with Gasteiger partial charge in [0, 0.05) is 11.6 Å². The van der Waals surface area contributed by atoms with Crippen LogP contribution in [0.1, 0.15) is 12.8 Å². The lowest BCUT2D eigenvalue weighted by Crippen LogP contribution is -2.28. The van der Waals surface area contributed by atoms with Crippen molar-refractivity contribution in [3.63, 3.8) is 0 Å². The van der Waals surface area contributed by atoms with E-state index in [9.17, 15) is 0 Å². The number of hydrogen-bond acceptors (Lipinski definition) is 1. The van der Waals surface area contributed by atoms with Crippen LogP contribution in [0.4, 0.5) is 0 Å². The van der Waals surface area contributed by atoms with E-state index in [2.05, 4.69) is 18.0 Å². The van der Waals surface area contributed by atoms with Crippen LogP contribution in [-0.4, -0.2) is 13.1 Å². The van der Waals surface area contributed by atoms with Gasteiger partial charge in [-0.05, 0) is 37.5 Å². The van der Waals surface area contributed by atoms with Crippen LogP contribution in [0.15, 0.2) is 35.9 Å². The molecule has 0 aromatic carbocycles. The van der Waals surface area contributed by atoms with Gasteiger partial charge >= 0.3 is 0 Å². The second kappa shape index (κ2) is 6.01. The van der Waals surface area contributed by atoms with Crippen LogP contribution in [0.3, 0.4) is 0 Å². The number of hydrogen-bond donors (Lipinski definition) is 1. The van der Waals surface area contributed by atoms with Crippen molar-refractivity contribution in [2.45, 2.75) is 12.8 Å². The summed E-state index contributed by atoms with van der Waals surface area (Å²) in [6.07, 6.45) is 10.2. The van der Waals surface area contributed by atoms with Crippen molar-refractivity contribution in [2.24, 2.45) is 5.92 Å². The molecule has 1 aliphatic heterocycles. The lowest BCUT2D eigenvalue weighted by Gasteiger charge is -2.19. The Morgan fingerprint density at radius 2 is 2.38 bits per heavy atom. The molecule has 0 bridgehead atoms. The number of nitrogens with one attached hydrogen (secondary N) is 1. The van der Waals surface area contributed by atoms with Gasteiger partial charge < -0.3 is 5.32 Å². The van der Waals surface area contributed by atoms with Crippen molar-refractivity contribution in [1.82, 2.24) is 5.32 Å². The second-order valence-corrected chi connectivity index (χ2v) is 3.69. The molecule has 0 aromatic rings. The summed E-state index contributed by atoms with van der Waals surface area (Å²) in [7, 11) is 0. The average Bonchev–Trinajstić information content (AvgIpc) is 2.17. The predicted octanol–water partition coefficient (Wildman–Crippen LogP) is 2.85. The van der Waals surface area contributed by atoms with Gasteiger partial charge in [0.2, 0.25) is 0 Å². The molecule has 1 heterocycles. The molecule has 1 nitrogen and oxygen atoms in total. The van der Waals surface area contributed by atoms with Crippen LogP contribution in [0, 0.1) is 5.92 Å². The van der Waals surface area contributed by atoms with E-state index in [0.29, 0.717) is 5.92 Å². The molecule has 1 rings (SSSR count). The van der Waals surface area contributed by atoms with Gasteiger partial charge in [-0.15, -0.1) is 0 Å². The van der Waals surface area contributed by atoms with Gasteiger partial charge in [0.25, 0.3) is 0 Å². The smallest absolute Gasteiger partial charge is 0.0402 e. The summed E-state index contributed by atoms with van der Waals surface area (Å²) in [6, 6.07) is 0. The second-order valence-electron chi connectivity index (χ2n) is 3.25. The Kier molecular flexibility index (Phi) is 4.87. The summed E-state index contributed by atoms with van der Waals surface area (Å²) in [4.78, 5) is 0. The quantitative estimate of drug-likeness (QED) is 0.687. The highest BCUT2D eigenvalue weighted by Gasteiger charge is 2.08. The van der Waals surface area contributed by atoms with E-state index in [4.69, 9.17) is 11.6 Å². The maximum absolute atomic E-state index is 5.88. The van der Waals surface area contributed by atoms with Crippen molar-refractivity contribution in [3.8, 4) is 0 Å². The van der Waals surface area contributed by atoms with E-state index in [1.165, 1.54) is 12.8 Å². The van der Waals surface area contributed by atoms with E-state index < -0.39 is 0 Å². The normalized spacial score (nSPS) is 25.0. The van der Waals surface area contributed by atoms with Gasteiger partial charge in [-0.1, -0.05) is 30.3 Å². The van der Waals surface area contributed by atoms with Crippen LogP contribution >= 0.6 is 11.6 Å². The van der Waals surface area contributed by atoms with E-state index in [-0.39, 0.29) is 0 Å². The fourth-order valence-electron chi connectivity index (χ4n) is 1.44. The zero-order valence-electron chi connectivity index (χ0n) is 7.80. The molecule has 0 saturated carbocycles. The van der Waals surface area contributed by atoms with Crippen LogP contribution in [0.5, 0.6) is 0 Å². The minimum Gasteiger partial charge on any atom is -0.316 e. The molecule has 2 heteroatoms. The summed E-state index contributed by atoms with van der Waals surface area (Å²) in [6.45, 7) is 5.82. The van der Waals surface area contributed by atoms with Gasteiger partial charge in [-0.3, -0.25) is 0 Å². The van der Waals surface area contributed by atoms with E-state index in [0.717, 1.165) is 18.1 Å². The zero-order chi connectivity index (χ0) is 9.52. The third-order valence-corrected chi connectivity index (χ3v) is 2.39. The van der Waals surface area contributed by atoms with E-state index in [1.54, 1.807) is 12.2 Å². The number of allylic oxidation sites excluding steroid dienone is 4. The average molecular weight is 198 g/mol. The number of rotatable bonds is 3. The fourth-order valence-corrected chi connectivity index (χ4v) is 1.60. The molecule has 0 aliphatic carbocycles. The third kappa shape index (κ3) is 4.30. The maximum atomic E-state index is 5.88. The largest absolute Gasteiger partial charge is 0.316 e. The van der Waals surface area contributed by atoms with Crippen molar-refractivity contribution in [3.05, 3.63) is 35.9 Å². The van der Waals surface area contributed by atoms with Crippen LogP contribution in [0.25, 0.3) is 0 Å². The van der Waals surface area contributed by atoms with Crippen molar-refractivity contribution in [2.75, 3.05) is 13.1 Å². The first-order valence-corrected chi connectivity index (χ1v) is 5.08. The molecular formula is C11H16ClN. The summed E-state index contributed by atoms with van der Waals surface area (Å²) in [5.41, 5.74) is 0. The summed E-state index contributed by atoms with van der Waals surface area (Å²) >= 11 is 5.88. The van der Waals surface area contributed by atoms with E-state index >= 15 is 0 Å². The van der Waals surface area contributed by atoms with Crippen molar-refractivity contribution < 1.29 is 0 Å². The van der Waals surface area contributed by atoms with Gasteiger partial charge in [-0.25, -0.2) is 0 Å². The van der Waals surface area contributed by atoms with E-state index in [1.807, 2.05) is 6.08 Å². The fraction of sp³-hybridized carbons (Fsp3) is 0.455. The molecule has 1 atom stereocenters. The topological polar surface area (TPSA) is 12.0 Å². The molecule has 0 aromatic heterocycles. The molecule has 1 N–H and O–H groups in total. The first-order chi connectivity index (χ1) is 6.33. The monoisotopic (exact) mass is 197 g/mol. The Bertz CT molecular complexity index is 212. The lowest BCUT2D eigenvalue weighted by molar-refractivity contribution is 0.438. The molecule has 1 aliphatic rings. The SMILES string of the molecule is C=C/C=C(Cl)\C=C\C1CCCNC1. The molecule has 0 spiro atoms. The molecular weight excluding hydrogens is 182 g/mol. The summed E-state index contributed by atoms with van der Waals surface area (Å²) in [5, 5.41) is 4.11. The van der Waals surface area contributed by atoms with Crippen molar-refractivity contribution in [1.29, 1.82) is 0 Å². The highest BCUT2D eigenvalue weighted by Crippen LogP contribution is 2.13. The van der Waals surface area contributed by atoms with Crippen LogP contribution < -0.4 is 5.32 Å². The number of halogens is 1. The van der Waals surface area contributed by atoms with Gasteiger partial charge in [0.15, 0.2) is 0 Å². The highest BCUT2D eigenvalue weighted by atomic mass is 35.5. The van der Waals surface area contributed by atoms with Crippen LogP contribution in [-0.2, 0) is 0 Å². The Morgan fingerprint density at radius 3 is 3.00 bits per heavy atom. The molecule has 0 radical (unpaired) electrons. The van der Waals surface area contributed by atoms with Gasteiger partial charge in [0.05, 0.1) is 0 Å². The van der Waals surface area contributed by atoms with Gasteiger partial charge in [-0.2, -0.15) is 0 Å². The first-order valence-electron chi connectivity index (χ1n) is 4.70. The minimum absolute atomic E-state index is 0.640. The van der Waals surface area contributed by atoms with Crippen LogP contribution in [0.2, 0.25) is 0 Å². The lowest BCUT2D eigenvalue weighted by atomic mass is 9.99. The first kappa shape index (κ1) is 10.6. The van der Waals surface area contributed by atoms with Crippen molar-refractivity contribution >= 4 is 11.6 Å². The Hall–Kier alpha value is -0.530. The predicted molar refractivity (Wildman–Crippen MR) is 58.9 cm³/mol. The summed E-state index contributed by atoms with van der Waals surface area (Å²) in [5.74, 6) is 0.640. The zero-order valence-corrected chi connectivity index (χ0v) is 8.56. The maximum Gasteiger partial charge on any atom is 0.0402 e. The molecule has 1 fully saturated rings. The standard InChI is InChI=1S/C11H16ClN/c1-2-4-11(12)7-6-10-5-3-8-13-9-10/h2,4,6-7,10,13H,1,3,5,8-9H2/b7-6+,11-4+. The Labute approximate surface area is 85.2 Å². The number of piperidine rings is 1. The molecule has 13 heavy (non-hydrogen) atoms. The van der Waals surface area contributed by atoms with Gasteiger partial charge in [0.1, 0.15) is 0 Å². The molecule has 1 saturated heterocycles. The highest BCUT2D eigenvalue weighted by molar-refractivity contribution is 6.31. The molecule has 0 amide bonds. The minimum atomic E-state index is 0.640. The molecule has 72 valence electrons. The third-order valence-electron chi connectivity index (χ3n) is 2.14. The Balaban J connectivity index is 2.37. The summed E-state index contributed by atoms with van der Waals surface area (Å²) < 4.78 is 0. The molecule has 1 unspecified atom stereocenters. The Morgan fingerprint density at radius 1 is 1.54 bits per heavy atom.